The average molecular weight is 433 g/mol. The summed E-state index contributed by atoms with van der Waals surface area (Å²) in [6, 6.07) is 8.77. The molecule has 0 radical (unpaired) electrons. The molecule has 4 heterocycles. The molecule has 4 aliphatic rings. The van der Waals surface area contributed by atoms with Gasteiger partial charge in [0.05, 0.1) is 30.6 Å². The van der Waals surface area contributed by atoms with Crippen LogP contribution in [0, 0.1) is 11.8 Å². The molecule has 2 bridgehead atoms. The highest BCUT2D eigenvalue weighted by Gasteiger charge is 2.47. The van der Waals surface area contributed by atoms with Gasteiger partial charge in [-0.05, 0) is 62.6 Å². The van der Waals surface area contributed by atoms with E-state index in [0.717, 1.165) is 49.0 Å². The van der Waals surface area contributed by atoms with Gasteiger partial charge in [0.25, 0.3) is 5.91 Å². The second kappa shape index (κ2) is 8.07. The van der Waals surface area contributed by atoms with Gasteiger partial charge < -0.3 is 9.64 Å². The number of benzene rings is 1. The number of amides is 1. The van der Waals surface area contributed by atoms with Gasteiger partial charge in [0.2, 0.25) is 0 Å². The Bertz CT molecular complexity index is 1040. The first-order valence-corrected chi connectivity index (χ1v) is 12.2. The minimum atomic E-state index is 0.0921. The molecule has 168 valence electrons. The third-order valence-electron chi connectivity index (χ3n) is 8.16. The summed E-state index contributed by atoms with van der Waals surface area (Å²) in [5.74, 6) is 2.05. The average Bonchev–Trinajstić information content (AvgIpc) is 3.33. The van der Waals surface area contributed by atoms with Crippen molar-refractivity contribution in [3.05, 3.63) is 47.7 Å². The molecule has 0 unspecified atom stereocenters. The fourth-order valence-corrected chi connectivity index (χ4v) is 6.86. The van der Waals surface area contributed by atoms with Gasteiger partial charge in [0.15, 0.2) is 0 Å². The predicted octanol–water partition coefficient (Wildman–Crippen LogP) is 4.12. The molecule has 1 amide bonds. The first-order chi connectivity index (χ1) is 15.7. The number of hydrogen-bond donors (Lipinski definition) is 1. The van der Waals surface area contributed by atoms with Gasteiger partial charge in [-0.3, -0.25) is 14.8 Å². The van der Waals surface area contributed by atoms with Crippen molar-refractivity contribution < 1.29 is 9.53 Å². The molecule has 0 spiro atoms. The summed E-state index contributed by atoms with van der Waals surface area (Å²) in [6.45, 7) is 3.18. The molecule has 3 saturated heterocycles. The molecule has 6 rings (SSSR count). The van der Waals surface area contributed by atoms with E-state index in [2.05, 4.69) is 26.1 Å². The maximum absolute atomic E-state index is 13.9. The molecule has 0 saturated carbocycles. The molecule has 1 N–H and O–H groups in total. The zero-order valence-electron chi connectivity index (χ0n) is 18.8. The van der Waals surface area contributed by atoms with Gasteiger partial charge in [0, 0.05) is 24.7 Å². The van der Waals surface area contributed by atoms with Gasteiger partial charge in [0.1, 0.15) is 5.75 Å². The molecular weight excluding hydrogens is 400 g/mol. The lowest BCUT2D eigenvalue weighted by atomic mass is 9.68. The highest BCUT2D eigenvalue weighted by atomic mass is 16.5. The summed E-state index contributed by atoms with van der Waals surface area (Å²) in [4.78, 5) is 18.8. The van der Waals surface area contributed by atoms with E-state index in [0.29, 0.717) is 17.4 Å². The maximum atomic E-state index is 13.9. The summed E-state index contributed by atoms with van der Waals surface area (Å²) in [6.07, 6.45) is 11.7. The minimum Gasteiger partial charge on any atom is -0.496 e. The molecule has 3 fully saturated rings. The Kier molecular flexibility index (Phi) is 5.05. The number of aromatic amines is 1. The molecule has 3 aliphatic heterocycles. The van der Waals surface area contributed by atoms with Crippen molar-refractivity contribution in [1.82, 2.24) is 20.0 Å². The number of nitrogens with one attached hydrogen (secondary N) is 1. The van der Waals surface area contributed by atoms with Gasteiger partial charge in [-0.15, -0.1) is 0 Å². The van der Waals surface area contributed by atoms with Crippen LogP contribution in [0.15, 0.2) is 42.1 Å². The number of H-pyrrole nitrogens is 1. The summed E-state index contributed by atoms with van der Waals surface area (Å²) in [5, 5.41) is 7.33. The molecule has 6 heteroatoms. The second-order valence-corrected chi connectivity index (χ2v) is 9.87. The molecule has 4 atom stereocenters. The van der Waals surface area contributed by atoms with Crippen LogP contribution in [0.25, 0.3) is 11.3 Å². The Hall–Kier alpha value is -2.60. The number of piperidine rings is 3. The number of ether oxygens (including phenoxy) is 1. The highest BCUT2D eigenvalue weighted by molar-refractivity contribution is 6.00. The molecular formula is C26H32N4O2. The number of para-hydroxylation sites is 1. The number of methoxy groups -OCH3 is 1. The molecule has 2 aromatic rings. The number of aromatic nitrogens is 2. The summed E-state index contributed by atoms with van der Waals surface area (Å²) in [7, 11) is 1.66. The lowest BCUT2D eigenvalue weighted by Crippen LogP contribution is -2.60. The van der Waals surface area contributed by atoms with Crippen LogP contribution in [0.1, 0.15) is 48.9 Å². The Balaban J connectivity index is 1.34. The number of hydrogen-bond acceptors (Lipinski definition) is 4. The molecule has 1 aromatic carbocycles. The van der Waals surface area contributed by atoms with E-state index in [-0.39, 0.29) is 11.9 Å². The van der Waals surface area contributed by atoms with Crippen molar-refractivity contribution in [2.45, 2.75) is 50.6 Å². The normalized spacial score (nSPS) is 29.7. The van der Waals surface area contributed by atoms with Crippen LogP contribution >= 0.6 is 0 Å². The standard InChI is InChI=1S/C26H32N4O2/c1-32-23-10-3-2-8-20(23)24-21(15-27-28-24)26(31)30-12-6-7-17-13-18-14-19(25(17)30)16-29-11-5-4-9-22(18)29/h2-3,8,10,13,15,18-19,22,25H,4-7,9,11-12,14,16H2,1H3,(H,27,28)/t18-,19+,22-,25+/m0/s1. The van der Waals surface area contributed by atoms with Crippen LogP contribution in [0.5, 0.6) is 5.75 Å². The van der Waals surface area contributed by atoms with Gasteiger partial charge >= 0.3 is 0 Å². The number of nitrogens with zero attached hydrogens (tertiary/aromatic N) is 3. The van der Waals surface area contributed by atoms with Crippen LogP contribution in [-0.2, 0) is 0 Å². The Labute approximate surface area is 189 Å². The molecule has 6 nitrogen and oxygen atoms in total. The molecule has 32 heavy (non-hydrogen) atoms. The van der Waals surface area contributed by atoms with E-state index in [1.165, 1.54) is 37.8 Å². The lowest BCUT2D eigenvalue weighted by Gasteiger charge is -2.54. The zero-order chi connectivity index (χ0) is 21.7. The van der Waals surface area contributed by atoms with E-state index in [1.807, 2.05) is 24.3 Å². The second-order valence-electron chi connectivity index (χ2n) is 9.87. The van der Waals surface area contributed by atoms with Crippen molar-refractivity contribution in [2.75, 3.05) is 26.7 Å². The van der Waals surface area contributed by atoms with Gasteiger partial charge in [-0.1, -0.05) is 30.2 Å². The smallest absolute Gasteiger partial charge is 0.258 e. The molecule has 1 aliphatic carbocycles. The number of rotatable bonds is 3. The van der Waals surface area contributed by atoms with Crippen LogP contribution in [0.4, 0.5) is 0 Å². The van der Waals surface area contributed by atoms with Crippen LogP contribution < -0.4 is 4.74 Å². The summed E-state index contributed by atoms with van der Waals surface area (Å²) >= 11 is 0. The first-order valence-electron chi connectivity index (χ1n) is 12.2. The SMILES string of the molecule is COc1ccccc1-c1[nH]ncc1C(=O)N1CCCC2=C[C@H]3C[C@H](CN4CCCC[C@@H]34)[C@@H]21. The lowest BCUT2D eigenvalue weighted by molar-refractivity contribution is 0.00150. The predicted molar refractivity (Wildman–Crippen MR) is 124 cm³/mol. The van der Waals surface area contributed by atoms with E-state index in [4.69, 9.17) is 4.74 Å². The largest absolute Gasteiger partial charge is 0.496 e. The van der Waals surface area contributed by atoms with Crippen LogP contribution in [0.2, 0.25) is 0 Å². The van der Waals surface area contributed by atoms with Crippen LogP contribution in [0.3, 0.4) is 0 Å². The number of fused-ring (bicyclic) bond motifs is 6. The minimum absolute atomic E-state index is 0.0921. The van der Waals surface area contributed by atoms with Gasteiger partial charge in [-0.25, -0.2) is 0 Å². The van der Waals surface area contributed by atoms with Crippen molar-refractivity contribution in [1.29, 1.82) is 0 Å². The number of carbonyl (C=O) groups excluding carboxylic acids is 1. The van der Waals surface area contributed by atoms with Crippen molar-refractivity contribution in [2.24, 2.45) is 11.8 Å². The van der Waals surface area contributed by atoms with Crippen molar-refractivity contribution in [3.63, 3.8) is 0 Å². The zero-order valence-corrected chi connectivity index (χ0v) is 18.8. The molecule has 1 aromatic heterocycles. The monoisotopic (exact) mass is 432 g/mol. The summed E-state index contributed by atoms with van der Waals surface area (Å²) < 4.78 is 5.55. The van der Waals surface area contributed by atoms with E-state index in [1.54, 1.807) is 13.3 Å². The number of likely N-dealkylation sites (tertiary alicyclic amines) is 1. The van der Waals surface area contributed by atoms with E-state index in [9.17, 15) is 4.79 Å². The Morgan fingerprint density at radius 2 is 2.09 bits per heavy atom. The highest BCUT2D eigenvalue weighted by Crippen LogP contribution is 2.45. The van der Waals surface area contributed by atoms with E-state index < -0.39 is 0 Å². The fraction of sp³-hybridized carbons (Fsp3) is 0.538. The third kappa shape index (κ3) is 3.19. The van der Waals surface area contributed by atoms with Crippen molar-refractivity contribution in [3.8, 4) is 17.0 Å². The third-order valence-corrected chi connectivity index (χ3v) is 8.16. The quantitative estimate of drug-likeness (QED) is 0.741. The maximum Gasteiger partial charge on any atom is 0.258 e. The first kappa shape index (κ1) is 20.0. The topological polar surface area (TPSA) is 61.5 Å². The van der Waals surface area contributed by atoms with Crippen LogP contribution in [-0.4, -0.2) is 64.7 Å². The Morgan fingerprint density at radius 1 is 1.19 bits per heavy atom. The fourth-order valence-electron chi connectivity index (χ4n) is 6.86. The number of carbonyl (C=O) groups is 1. The summed E-state index contributed by atoms with van der Waals surface area (Å²) in [5.41, 5.74) is 3.78. The van der Waals surface area contributed by atoms with E-state index >= 15 is 0 Å². The van der Waals surface area contributed by atoms with Gasteiger partial charge in [-0.2, -0.15) is 5.10 Å². The Morgan fingerprint density at radius 3 is 3.00 bits per heavy atom. The van der Waals surface area contributed by atoms with Crippen molar-refractivity contribution >= 4 is 5.91 Å².